The van der Waals surface area contributed by atoms with Crippen molar-refractivity contribution in [2.45, 2.75) is 142 Å². The lowest BCUT2D eigenvalue weighted by molar-refractivity contribution is -0.158. The Balaban J connectivity index is 3.84. The van der Waals surface area contributed by atoms with E-state index in [4.69, 9.17) is 4.74 Å². The molecule has 0 saturated carbocycles. The van der Waals surface area contributed by atoms with Gasteiger partial charge < -0.3 is 9.84 Å². The van der Waals surface area contributed by atoms with E-state index in [1.54, 1.807) is 0 Å². The summed E-state index contributed by atoms with van der Waals surface area (Å²) in [6.07, 6.45) is 20.2. The fourth-order valence-electron chi connectivity index (χ4n) is 3.36. The SMILES string of the molecule is CCCCCCCCCCC[C@@H](CCCCCCCC)OC(=O)[C@@H](C)O. The summed E-state index contributed by atoms with van der Waals surface area (Å²) in [5, 5.41) is 9.39. The molecule has 0 aromatic carbocycles. The molecule has 0 aromatic rings. The van der Waals surface area contributed by atoms with Gasteiger partial charge in [0.2, 0.25) is 0 Å². The van der Waals surface area contributed by atoms with Gasteiger partial charge in [0.05, 0.1) is 0 Å². The predicted molar refractivity (Wildman–Crippen MR) is 111 cm³/mol. The van der Waals surface area contributed by atoms with E-state index in [1.165, 1.54) is 90.4 Å². The molecule has 0 amide bonds. The fraction of sp³-hybridized carbons (Fsp3) is 0.957. The molecule has 0 bridgehead atoms. The second kappa shape index (κ2) is 19.2. The quantitative estimate of drug-likeness (QED) is 0.198. The van der Waals surface area contributed by atoms with Gasteiger partial charge in [0.15, 0.2) is 0 Å². The van der Waals surface area contributed by atoms with Crippen molar-refractivity contribution in [1.82, 2.24) is 0 Å². The number of aliphatic hydroxyl groups is 1. The summed E-state index contributed by atoms with van der Waals surface area (Å²) < 4.78 is 5.52. The van der Waals surface area contributed by atoms with Crippen LogP contribution in [-0.2, 0) is 9.53 Å². The number of carbonyl (C=O) groups is 1. The fourth-order valence-corrected chi connectivity index (χ4v) is 3.36. The number of rotatable bonds is 19. The van der Waals surface area contributed by atoms with Crippen LogP contribution in [0.4, 0.5) is 0 Å². The number of hydrogen-bond donors (Lipinski definition) is 1. The molecule has 0 aliphatic heterocycles. The number of aliphatic hydroxyl groups excluding tert-OH is 1. The topological polar surface area (TPSA) is 46.5 Å². The van der Waals surface area contributed by atoms with Crippen LogP contribution in [0.15, 0.2) is 0 Å². The van der Waals surface area contributed by atoms with Crippen molar-refractivity contribution < 1.29 is 14.6 Å². The first-order valence-electron chi connectivity index (χ1n) is 11.5. The third-order valence-corrected chi connectivity index (χ3v) is 5.13. The lowest BCUT2D eigenvalue weighted by Gasteiger charge is -2.19. The predicted octanol–water partition coefficient (Wildman–Crippen LogP) is 6.95. The average molecular weight is 371 g/mol. The minimum absolute atomic E-state index is 0.00664. The minimum Gasteiger partial charge on any atom is -0.460 e. The molecule has 0 aliphatic rings. The Kier molecular flexibility index (Phi) is 18.8. The summed E-state index contributed by atoms with van der Waals surface area (Å²) >= 11 is 0. The van der Waals surface area contributed by atoms with Gasteiger partial charge in [-0.05, 0) is 32.6 Å². The highest BCUT2D eigenvalue weighted by Crippen LogP contribution is 2.17. The molecule has 0 saturated heterocycles. The molecule has 0 spiro atoms. The van der Waals surface area contributed by atoms with Crippen molar-refractivity contribution >= 4 is 5.97 Å². The Morgan fingerprint density at radius 1 is 0.692 bits per heavy atom. The molecule has 1 N–H and O–H groups in total. The second-order valence-corrected chi connectivity index (χ2v) is 7.91. The molecule has 0 rings (SSSR count). The van der Waals surface area contributed by atoms with Crippen LogP contribution in [0.5, 0.6) is 0 Å². The monoisotopic (exact) mass is 370 g/mol. The van der Waals surface area contributed by atoms with Crippen molar-refractivity contribution in [3.05, 3.63) is 0 Å². The minimum atomic E-state index is -1.01. The van der Waals surface area contributed by atoms with E-state index < -0.39 is 12.1 Å². The third-order valence-electron chi connectivity index (χ3n) is 5.13. The van der Waals surface area contributed by atoms with E-state index in [9.17, 15) is 9.90 Å². The Labute approximate surface area is 163 Å². The zero-order valence-electron chi connectivity index (χ0n) is 17.9. The number of ether oxygens (including phenoxy) is 1. The molecule has 0 aromatic heterocycles. The standard InChI is InChI=1S/C23H46O3/c1-4-6-8-10-12-13-14-16-18-20-22(26-23(25)21(3)24)19-17-15-11-9-7-5-2/h21-22,24H,4-20H2,1-3H3/t21-,22-/m1/s1. The number of esters is 1. The van der Waals surface area contributed by atoms with Gasteiger partial charge in [-0.2, -0.15) is 0 Å². The van der Waals surface area contributed by atoms with Gasteiger partial charge in [-0.15, -0.1) is 0 Å². The maximum Gasteiger partial charge on any atom is 0.334 e. The van der Waals surface area contributed by atoms with Gasteiger partial charge in [0.1, 0.15) is 12.2 Å². The van der Waals surface area contributed by atoms with E-state index in [-0.39, 0.29) is 6.10 Å². The first-order valence-corrected chi connectivity index (χ1v) is 11.5. The van der Waals surface area contributed by atoms with Gasteiger partial charge >= 0.3 is 5.97 Å². The maximum absolute atomic E-state index is 11.7. The molecule has 2 atom stereocenters. The largest absolute Gasteiger partial charge is 0.460 e. The normalized spacial score (nSPS) is 13.5. The molecule has 156 valence electrons. The smallest absolute Gasteiger partial charge is 0.334 e. The summed E-state index contributed by atoms with van der Waals surface area (Å²) in [6.45, 7) is 5.98. The summed E-state index contributed by atoms with van der Waals surface area (Å²) in [6, 6.07) is 0. The van der Waals surface area contributed by atoms with Gasteiger partial charge in [0, 0.05) is 0 Å². The summed E-state index contributed by atoms with van der Waals surface area (Å²) in [5.41, 5.74) is 0. The molecule has 0 radical (unpaired) electrons. The van der Waals surface area contributed by atoms with E-state index in [0.29, 0.717) is 0 Å². The van der Waals surface area contributed by atoms with Crippen molar-refractivity contribution in [2.24, 2.45) is 0 Å². The van der Waals surface area contributed by atoms with E-state index in [2.05, 4.69) is 13.8 Å². The molecule has 0 fully saturated rings. The van der Waals surface area contributed by atoms with Crippen LogP contribution in [0, 0.1) is 0 Å². The first-order chi connectivity index (χ1) is 12.6. The van der Waals surface area contributed by atoms with Crippen LogP contribution in [0.3, 0.4) is 0 Å². The van der Waals surface area contributed by atoms with E-state index in [1.807, 2.05) is 0 Å². The van der Waals surface area contributed by atoms with E-state index >= 15 is 0 Å². The molecule has 0 aliphatic carbocycles. The number of unbranched alkanes of at least 4 members (excludes halogenated alkanes) is 13. The maximum atomic E-state index is 11.7. The van der Waals surface area contributed by atoms with Crippen LogP contribution in [0.2, 0.25) is 0 Å². The zero-order chi connectivity index (χ0) is 19.5. The third kappa shape index (κ3) is 16.9. The average Bonchev–Trinajstić information content (AvgIpc) is 2.62. The highest BCUT2D eigenvalue weighted by atomic mass is 16.6. The van der Waals surface area contributed by atoms with Crippen LogP contribution in [-0.4, -0.2) is 23.3 Å². The summed E-state index contributed by atoms with van der Waals surface area (Å²) in [4.78, 5) is 11.7. The van der Waals surface area contributed by atoms with Gasteiger partial charge in [0.25, 0.3) is 0 Å². The van der Waals surface area contributed by atoms with Crippen molar-refractivity contribution in [3.63, 3.8) is 0 Å². The van der Waals surface area contributed by atoms with Crippen molar-refractivity contribution in [3.8, 4) is 0 Å². The highest BCUT2D eigenvalue weighted by molar-refractivity contribution is 5.73. The Morgan fingerprint density at radius 3 is 1.38 bits per heavy atom. The molecule has 0 heterocycles. The molecular weight excluding hydrogens is 324 g/mol. The first kappa shape index (κ1) is 25.4. The molecule has 0 unspecified atom stereocenters. The summed E-state index contributed by atoms with van der Waals surface area (Å²) in [5.74, 6) is -0.461. The summed E-state index contributed by atoms with van der Waals surface area (Å²) in [7, 11) is 0. The molecule has 26 heavy (non-hydrogen) atoms. The van der Waals surface area contributed by atoms with Crippen LogP contribution in [0.1, 0.15) is 130 Å². The Hall–Kier alpha value is -0.570. The zero-order valence-corrected chi connectivity index (χ0v) is 17.9. The van der Waals surface area contributed by atoms with Crippen molar-refractivity contribution in [2.75, 3.05) is 0 Å². The van der Waals surface area contributed by atoms with Gasteiger partial charge in [-0.1, -0.05) is 97.3 Å². The number of carbonyl (C=O) groups excluding carboxylic acids is 1. The van der Waals surface area contributed by atoms with Crippen molar-refractivity contribution in [1.29, 1.82) is 0 Å². The number of hydrogen-bond acceptors (Lipinski definition) is 3. The van der Waals surface area contributed by atoms with Crippen LogP contribution in [0.25, 0.3) is 0 Å². The lowest BCUT2D eigenvalue weighted by Crippen LogP contribution is -2.26. The molecule has 3 nitrogen and oxygen atoms in total. The Bertz CT molecular complexity index is 302. The molecule has 3 heteroatoms. The lowest BCUT2D eigenvalue weighted by atomic mass is 10.0. The van der Waals surface area contributed by atoms with Crippen LogP contribution >= 0.6 is 0 Å². The van der Waals surface area contributed by atoms with Crippen LogP contribution < -0.4 is 0 Å². The Morgan fingerprint density at radius 2 is 1.04 bits per heavy atom. The highest BCUT2D eigenvalue weighted by Gasteiger charge is 2.17. The van der Waals surface area contributed by atoms with Gasteiger partial charge in [-0.3, -0.25) is 0 Å². The van der Waals surface area contributed by atoms with Gasteiger partial charge in [-0.25, -0.2) is 4.79 Å². The molecular formula is C23H46O3. The second-order valence-electron chi connectivity index (χ2n) is 7.91. The van der Waals surface area contributed by atoms with E-state index in [0.717, 1.165) is 25.7 Å².